The number of anilines is 1. The van der Waals surface area contributed by atoms with Crippen molar-refractivity contribution in [3.8, 4) is 0 Å². The van der Waals surface area contributed by atoms with E-state index >= 15 is 0 Å². The van der Waals surface area contributed by atoms with Crippen LogP contribution in [0.15, 0.2) is 18.6 Å². The Balaban J connectivity index is 1.66. The Morgan fingerprint density at radius 3 is 2.68 bits per heavy atom. The molecule has 1 aromatic rings. The molecule has 1 aromatic heterocycles. The second kappa shape index (κ2) is 4.79. The van der Waals surface area contributed by atoms with Gasteiger partial charge in [-0.15, -0.1) is 0 Å². The number of rotatable bonds is 2. The molecule has 19 heavy (non-hydrogen) atoms. The van der Waals surface area contributed by atoms with Gasteiger partial charge in [0.15, 0.2) is 0 Å². The van der Waals surface area contributed by atoms with Crippen LogP contribution in [0.4, 0.5) is 5.82 Å². The zero-order valence-electron chi connectivity index (χ0n) is 11.4. The minimum absolute atomic E-state index is 0.214. The molecule has 0 N–H and O–H groups in total. The number of carbonyl (C=O) groups is 1. The highest BCUT2D eigenvalue weighted by Gasteiger charge is 2.44. The molecule has 2 aliphatic heterocycles. The summed E-state index contributed by atoms with van der Waals surface area (Å²) >= 11 is 0. The van der Waals surface area contributed by atoms with Crippen LogP contribution in [0.2, 0.25) is 0 Å². The summed E-state index contributed by atoms with van der Waals surface area (Å²) in [6.07, 6.45) is 8.13. The minimum atomic E-state index is 0.214. The van der Waals surface area contributed by atoms with Crippen molar-refractivity contribution in [2.45, 2.75) is 26.2 Å². The maximum absolute atomic E-state index is 11.9. The quantitative estimate of drug-likeness (QED) is 0.804. The van der Waals surface area contributed by atoms with Crippen molar-refractivity contribution >= 4 is 11.7 Å². The van der Waals surface area contributed by atoms with Gasteiger partial charge >= 0.3 is 0 Å². The first-order chi connectivity index (χ1) is 9.22. The molecule has 2 fully saturated rings. The topological polar surface area (TPSA) is 49.3 Å². The molecule has 0 atom stereocenters. The lowest BCUT2D eigenvalue weighted by molar-refractivity contribution is -0.127. The van der Waals surface area contributed by atoms with E-state index in [1.54, 1.807) is 12.4 Å². The molecule has 2 saturated heterocycles. The molecule has 1 amide bonds. The fourth-order valence-corrected chi connectivity index (χ4v) is 3.27. The highest BCUT2D eigenvalue weighted by atomic mass is 16.2. The molecule has 0 radical (unpaired) electrons. The van der Waals surface area contributed by atoms with Crippen LogP contribution in [0.1, 0.15) is 26.2 Å². The molecule has 1 spiro atoms. The maximum Gasteiger partial charge on any atom is 0.223 e. The van der Waals surface area contributed by atoms with Gasteiger partial charge in [-0.3, -0.25) is 9.78 Å². The average molecular weight is 260 g/mol. The van der Waals surface area contributed by atoms with Gasteiger partial charge in [-0.2, -0.15) is 0 Å². The zero-order valence-corrected chi connectivity index (χ0v) is 11.4. The lowest BCUT2D eigenvalue weighted by Crippen LogP contribution is -2.42. The largest absolute Gasteiger partial charge is 0.355 e. The predicted octanol–water partition coefficient (Wildman–Crippen LogP) is 1.32. The summed E-state index contributed by atoms with van der Waals surface area (Å²) in [6.45, 7) is 5.80. The molecule has 0 aliphatic carbocycles. The van der Waals surface area contributed by atoms with E-state index in [-0.39, 0.29) is 5.41 Å². The van der Waals surface area contributed by atoms with Crippen LogP contribution in [0, 0.1) is 5.41 Å². The molecule has 5 heteroatoms. The SMILES string of the molecule is CCN1CC2(CCN(c3cnccn3)CC2)CC1=O. The predicted molar refractivity (Wildman–Crippen MR) is 72.8 cm³/mol. The lowest BCUT2D eigenvalue weighted by Gasteiger charge is -2.39. The number of amides is 1. The molecular weight excluding hydrogens is 240 g/mol. The van der Waals surface area contributed by atoms with Crippen molar-refractivity contribution in [1.29, 1.82) is 0 Å². The Morgan fingerprint density at radius 1 is 1.32 bits per heavy atom. The van der Waals surface area contributed by atoms with Crippen LogP contribution in [-0.2, 0) is 4.79 Å². The van der Waals surface area contributed by atoms with Gasteiger partial charge in [-0.1, -0.05) is 0 Å². The fraction of sp³-hybridized carbons (Fsp3) is 0.643. The van der Waals surface area contributed by atoms with Crippen molar-refractivity contribution in [1.82, 2.24) is 14.9 Å². The number of aromatic nitrogens is 2. The summed E-state index contributed by atoms with van der Waals surface area (Å²) in [5.41, 5.74) is 0.214. The molecule has 5 nitrogen and oxygen atoms in total. The Hall–Kier alpha value is -1.65. The van der Waals surface area contributed by atoms with E-state index in [1.165, 1.54) is 0 Å². The van der Waals surface area contributed by atoms with Crippen molar-refractivity contribution in [2.75, 3.05) is 31.1 Å². The maximum atomic E-state index is 11.9. The lowest BCUT2D eigenvalue weighted by atomic mass is 9.77. The summed E-state index contributed by atoms with van der Waals surface area (Å²) in [4.78, 5) is 24.7. The third-order valence-corrected chi connectivity index (χ3v) is 4.48. The third kappa shape index (κ3) is 2.29. The van der Waals surface area contributed by atoms with Crippen LogP contribution in [0.5, 0.6) is 0 Å². The molecule has 0 bridgehead atoms. The second-order valence-corrected chi connectivity index (χ2v) is 5.64. The molecule has 3 rings (SSSR count). The van der Waals surface area contributed by atoms with E-state index in [9.17, 15) is 4.79 Å². The summed E-state index contributed by atoms with van der Waals surface area (Å²) in [6, 6.07) is 0. The van der Waals surface area contributed by atoms with Crippen LogP contribution < -0.4 is 4.90 Å². The van der Waals surface area contributed by atoms with Crippen molar-refractivity contribution < 1.29 is 4.79 Å². The first-order valence-corrected chi connectivity index (χ1v) is 7.01. The Bertz CT molecular complexity index is 454. The second-order valence-electron chi connectivity index (χ2n) is 5.64. The Kier molecular flexibility index (Phi) is 3.12. The number of carbonyl (C=O) groups excluding carboxylic acids is 1. The van der Waals surface area contributed by atoms with Gasteiger partial charge in [0.25, 0.3) is 0 Å². The number of hydrogen-bond donors (Lipinski definition) is 0. The van der Waals surface area contributed by atoms with Gasteiger partial charge in [0.1, 0.15) is 5.82 Å². The molecular formula is C14H20N4O. The molecule has 0 saturated carbocycles. The Labute approximate surface area is 113 Å². The van der Waals surface area contributed by atoms with E-state index in [1.807, 2.05) is 11.1 Å². The first kappa shape index (κ1) is 12.4. The minimum Gasteiger partial charge on any atom is -0.355 e. The van der Waals surface area contributed by atoms with Crippen molar-refractivity contribution in [3.63, 3.8) is 0 Å². The van der Waals surface area contributed by atoms with Crippen LogP contribution in [0.3, 0.4) is 0 Å². The number of likely N-dealkylation sites (tertiary alicyclic amines) is 1. The normalized spacial score (nSPS) is 22.3. The summed E-state index contributed by atoms with van der Waals surface area (Å²) in [7, 11) is 0. The van der Waals surface area contributed by atoms with Gasteiger partial charge < -0.3 is 9.80 Å². The summed E-state index contributed by atoms with van der Waals surface area (Å²) in [5.74, 6) is 1.28. The summed E-state index contributed by atoms with van der Waals surface area (Å²) < 4.78 is 0. The Morgan fingerprint density at radius 2 is 2.11 bits per heavy atom. The van der Waals surface area contributed by atoms with Crippen molar-refractivity contribution in [3.05, 3.63) is 18.6 Å². The van der Waals surface area contributed by atoms with Gasteiger partial charge in [0.2, 0.25) is 5.91 Å². The van der Waals surface area contributed by atoms with E-state index in [2.05, 4.69) is 21.8 Å². The van der Waals surface area contributed by atoms with E-state index in [0.717, 1.165) is 51.3 Å². The average Bonchev–Trinajstić information content (AvgIpc) is 2.76. The van der Waals surface area contributed by atoms with E-state index < -0.39 is 0 Å². The highest BCUT2D eigenvalue weighted by molar-refractivity contribution is 5.79. The molecule has 0 aromatic carbocycles. The van der Waals surface area contributed by atoms with Gasteiger partial charge in [-0.25, -0.2) is 4.98 Å². The molecule has 3 heterocycles. The summed E-state index contributed by atoms with van der Waals surface area (Å²) in [5, 5.41) is 0. The molecule has 2 aliphatic rings. The number of hydrogen-bond acceptors (Lipinski definition) is 4. The van der Waals surface area contributed by atoms with Crippen LogP contribution >= 0.6 is 0 Å². The van der Waals surface area contributed by atoms with Crippen LogP contribution in [-0.4, -0.2) is 47.0 Å². The van der Waals surface area contributed by atoms with Crippen LogP contribution in [0.25, 0.3) is 0 Å². The van der Waals surface area contributed by atoms with E-state index in [0.29, 0.717) is 5.91 Å². The van der Waals surface area contributed by atoms with E-state index in [4.69, 9.17) is 0 Å². The standard InChI is InChI=1S/C14H20N4O/c1-2-17-11-14(9-13(17)19)3-7-18(8-4-14)12-10-15-5-6-16-12/h5-6,10H,2-4,7-9,11H2,1H3. The van der Waals surface area contributed by atoms with Crippen molar-refractivity contribution in [2.24, 2.45) is 5.41 Å². The van der Waals surface area contributed by atoms with Gasteiger partial charge in [0.05, 0.1) is 6.20 Å². The van der Waals surface area contributed by atoms with Gasteiger partial charge in [-0.05, 0) is 19.8 Å². The number of nitrogens with zero attached hydrogens (tertiary/aromatic N) is 4. The smallest absolute Gasteiger partial charge is 0.223 e. The fourth-order valence-electron chi connectivity index (χ4n) is 3.27. The third-order valence-electron chi connectivity index (χ3n) is 4.48. The first-order valence-electron chi connectivity index (χ1n) is 7.01. The molecule has 102 valence electrons. The molecule has 0 unspecified atom stereocenters. The number of piperidine rings is 1. The zero-order chi connectivity index (χ0) is 13.3. The highest BCUT2D eigenvalue weighted by Crippen LogP contribution is 2.41. The van der Waals surface area contributed by atoms with Gasteiger partial charge in [0, 0.05) is 50.4 Å². The monoisotopic (exact) mass is 260 g/mol.